The van der Waals surface area contributed by atoms with Gasteiger partial charge in [-0.15, -0.1) is 0 Å². The molecule has 31 heavy (non-hydrogen) atoms. The highest BCUT2D eigenvalue weighted by Gasteiger charge is 2.29. The quantitative estimate of drug-likeness (QED) is 0.631. The molecule has 2 amide bonds. The number of carbonyl (C=O) groups is 2. The van der Waals surface area contributed by atoms with Gasteiger partial charge in [-0.1, -0.05) is 42.5 Å². The van der Waals surface area contributed by atoms with Crippen LogP contribution in [0.15, 0.2) is 83.9 Å². The first-order valence-corrected chi connectivity index (χ1v) is 9.87. The molecule has 7 nitrogen and oxygen atoms in total. The first-order valence-electron chi connectivity index (χ1n) is 9.87. The summed E-state index contributed by atoms with van der Waals surface area (Å²) in [5.41, 5.74) is 3.50. The molecule has 0 atom stereocenters. The van der Waals surface area contributed by atoms with E-state index < -0.39 is 0 Å². The summed E-state index contributed by atoms with van der Waals surface area (Å²) in [5.74, 6) is 0.297. The zero-order chi connectivity index (χ0) is 21.6. The number of hydrogen-bond acceptors (Lipinski definition) is 5. The van der Waals surface area contributed by atoms with Gasteiger partial charge in [0.1, 0.15) is 11.5 Å². The lowest BCUT2D eigenvalue weighted by Crippen LogP contribution is -2.30. The van der Waals surface area contributed by atoms with E-state index in [0.717, 1.165) is 11.1 Å². The van der Waals surface area contributed by atoms with Gasteiger partial charge in [-0.05, 0) is 36.3 Å². The molecule has 0 unspecified atom stereocenters. The van der Waals surface area contributed by atoms with Gasteiger partial charge in [-0.2, -0.15) is 0 Å². The number of rotatable bonds is 6. The molecule has 1 N–H and O–H groups in total. The average molecular weight is 411 g/mol. The number of amidine groups is 1. The highest BCUT2D eigenvalue weighted by Crippen LogP contribution is 2.25. The highest BCUT2D eigenvalue weighted by atomic mass is 16.2. The van der Waals surface area contributed by atoms with E-state index in [1.165, 1.54) is 0 Å². The van der Waals surface area contributed by atoms with Gasteiger partial charge >= 0.3 is 0 Å². The third-order valence-electron chi connectivity index (χ3n) is 4.79. The van der Waals surface area contributed by atoms with Crippen molar-refractivity contribution in [3.05, 3.63) is 95.7 Å². The normalized spacial score (nSPS) is 14.6. The largest absolute Gasteiger partial charge is 0.352 e. The molecule has 7 heteroatoms. The van der Waals surface area contributed by atoms with E-state index in [1.807, 2.05) is 54.6 Å². The highest BCUT2D eigenvalue weighted by molar-refractivity contribution is 6.28. The van der Waals surface area contributed by atoms with Gasteiger partial charge in [0, 0.05) is 18.9 Å². The molecule has 2 aromatic carbocycles. The van der Waals surface area contributed by atoms with Crippen molar-refractivity contribution in [1.29, 1.82) is 0 Å². The van der Waals surface area contributed by atoms with Crippen molar-refractivity contribution < 1.29 is 9.59 Å². The maximum Gasteiger partial charge on any atom is 0.282 e. The van der Waals surface area contributed by atoms with Gasteiger partial charge in [0.2, 0.25) is 5.91 Å². The van der Waals surface area contributed by atoms with Crippen LogP contribution in [-0.4, -0.2) is 27.6 Å². The van der Waals surface area contributed by atoms with Crippen LogP contribution < -0.4 is 10.2 Å². The second-order valence-corrected chi connectivity index (χ2v) is 7.06. The Bertz CT molecular complexity index is 1140. The Balaban J connectivity index is 1.40. The predicted molar refractivity (Wildman–Crippen MR) is 119 cm³/mol. The van der Waals surface area contributed by atoms with Crippen LogP contribution in [0, 0.1) is 0 Å². The van der Waals surface area contributed by atoms with E-state index in [0.29, 0.717) is 29.5 Å². The van der Waals surface area contributed by atoms with Gasteiger partial charge < -0.3 is 5.32 Å². The minimum Gasteiger partial charge on any atom is -0.352 e. The molecule has 2 heterocycles. The molecule has 0 spiro atoms. The number of amides is 2. The van der Waals surface area contributed by atoms with E-state index in [9.17, 15) is 9.59 Å². The monoisotopic (exact) mass is 411 g/mol. The van der Waals surface area contributed by atoms with Crippen LogP contribution in [0.25, 0.3) is 6.08 Å². The minimum absolute atomic E-state index is 0.0548. The summed E-state index contributed by atoms with van der Waals surface area (Å²) in [6.45, 7) is 2.27. The number of carbonyl (C=O) groups excluding carboxylic acids is 2. The van der Waals surface area contributed by atoms with Crippen molar-refractivity contribution in [2.75, 3.05) is 4.90 Å². The van der Waals surface area contributed by atoms with Crippen molar-refractivity contribution in [3.63, 3.8) is 0 Å². The average Bonchev–Trinajstić information content (AvgIpc) is 3.07. The lowest BCUT2D eigenvalue weighted by atomic mass is 10.1. The predicted octanol–water partition coefficient (Wildman–Crippen LogP) is 3.14. The zero-order valence-electron chi connectivity index (χ0n) is 17.0. The fourth-order valence-electron chi connectivity index (χ4n) is 3.26. The Morgan fingerprint density at radius 3 is 2.52 bits per heavy atom. The lowest BCUT2D eigenvalue weighted by molar-refractivity contribution is -0.120. The van der Waals surface area contributed by atoms with Gasteiger partial charge in [0.25, 0.3) is 5.91 Å². The maximum atomic E-state index is 12.8. The van der Waals surface area contributed by atoms with Crippen LogP contribution in [0.4, 0.5) is 5.69 Å². The molecule has 1 aromatic heterocycles. The first-order chi connectivity index (χ1) is 15.1. The molecular weight excluding hydrogens is 390 g/mol. The van der Waals surface area contributed by atoms with Crippen LogP contribution in [0.3, 0.4) is 0 Å². The number of hydrogen-bond donors (Lipinski definition) is 1. The number of aliphatic imine (C=N–C) groups is 1. The van der Waals surface area contributed by atoms with Crippen LogP contribution in [-0.2, 0) is 22.6 Å². The number of nitrogens with zero attached hydrogens (tertiary/aromatic N) is 4. The Morgan fingerprint density at radius 2 is 1.81 bits per heavy atom. The van der Waals surface area contributed by atoms with E-state index in [1.54, 1.807) is 36.5 Å². The van der Waals surface area contributed by atoms with E-state index >= 15 is 0 Å². The number of aromatic nitrogens is 2. The molecule has 0 aliphatic carbocycles. The third kappa shape index (κ3) is 4.90. The number of benzene rings is 2. The van der Waals surface area contributed by atoms with Gasteiger partial charge in [-0.3, -0.25) is 24.5 Å². The third-order valence-corrected chi connectivity index (χ3v) is 4.79. The molecule has 4 rings (SSSR count). The van der Waals surface area contributed by atoms with Crippen LogP contribution in [0.5, 0.6) is 0 Å². The van der Waals surface area contributed by atoms with Gasteiger partial charge in [0.15, 0.2) is 0 Å². The molecule has 1 aliphatic rings. The summed E-state index contributed by atoms with van der Waals surface area (Å²) in [7, 11) is 0. The molecular formula is C24H21N5O2. The first kappa shape index (κ1) is 20.2. The number of nitrogens with one attached hydrogen (secondary N) is 1. The summed E-state index contributed by atoms with van der Waals surface area (Å²) in [4.78, 5) is 39.1. The second kappa shape index (κ2) is 9.13. The van der Waals surface area contributed by atoms with Crippen molar-refractivity contribution in [1.82, 2.24) is 15.3 Å². The lowest BCUT2D eigenvalue weighted by Gasteiger charge is -2.16. The Hall–Kier alpha value is -4.13. The van der Waals surface area contributed by atoms with Crippen molar-refractivity contribution in [3.8, 4) is 0 Å². The van der Waals surface area contributed by atoms with E-state index in [2.05, 4.69) is 20.3 Å². The van der Waals surface area contributed by atoms with Crippen LogP contribution in [0.2, 0.25) is 0 Å². The number of anilines is 1. The zero-order valence-corrected chi connectivity index (χ0v) is 17.0. The SMILES string of the molecule is CC1=N/C(=C\c2cnccn2)C(=O)N1c1ccc(CC(=O)NCc2ccccc2)cc1. The Morgan fingerprint density at radius 1 is 1.03 bits per heavy atom. The fourth-order valence-corrected chi connectivity index (χ4v) is 3.26. The molecule has 0 fully saturated rings. The molecule has 0 saturated heterocycles. The summed E-state index contributed by atoms with van der Waals surface area (Å²) >= 11 is 0. The minimum atomic E-state index is -0.225. The van der Waals surface area contributed by atoms with Crippen molar-refractivity contribution >= 4 is 29.4 Å². The van der Waals surface area contributed by atoms with Gasteiger partial charge in [-0.25, -0.2) is 4.99 Å². The Labute approximate surface area is 180 Å². The molecule has 0 bridgehead atoms. The van der Waals surface area contributed by atoms with Gasteiger partial charge in [0.05, 0.1) is 24.0 Å². The molecule has 3 aromatic rings. The Kier molecular flexibility index (Phi) is 5.93. The maximum absolute atomic E-state index is 12.8. The van der Waals surface area contributed by atoms with Crippen molar-refractivity contribution in [2.45, 2.75) is 19.9 Å². The topological polar surface area (TPSA) is 87.6 Å². The molecule has 0 saturated carbocycles. The molecule has 0 radical (unpaired) electrons. The molecule has 154 valence electrons. The van der Waals surface area contributed by atoms with E-state index in [-0.39, 0.29) is 18.2 Å². The van der Waals surface area contributed by atoms with Crippen LogP contribution >= 0.6 is 0 Å². The van der Waals surface area contributed by atoms with Crippen LogP contribution in [0.1, 0.15) is 23.7 Å². The second-order valence-electron chi connectivity index (χ2n) is 7.06. The summed E-state index contributed by atoms with van der Waals surface area (Å²) in [5, 5.41) is 2.92. The smallest absolute Gasteiger partial charge is 0.282 e. The summed E-state index contributed by atoms with van der Waals surface area (Å²) in [6, 6.07) is 17.1. The van der Waals surface area contributed by atoms with E-state index in [4.69, 9.17) is 0 Å². The molecule has 1 aliphatic heterocycles. The van der Waals surface area contributed by atoms with Crippen molar-refractivity contribution in [2.24, 2.45) is 4.99 Å². The summed E-state index contributed by atoms with van der Waals surface area (Å²) < 4.78 is 0. The summed E-state index contributed by atoms with van der Waals surface area (Å²) in [6.07, 6.45) is 6.60. The standard InChI is InChI=1S/C24H21N5O2/c1-17-28-22(14-20-16-25-11-12-26-20)24(31)29(17)21-9-7-18(8-10-21)13-23(30)27-15-19-5-3-2-4-6-19/h2-12,14,16H,13,15H2,1H3,(H,27,30)/b22-14-. The fraction of sp³-hybridized carbons (Fsp3) is 0.125.